The molecule has 3 aromatic heterocycles. The van der Waals surface area contributed by atoms with Crippen LogP contribution in [0.1, 0.15) is 48.3 Å². The Kier molecular flexibility index (Phi) is 7.46. The van der Waals surface area contributed by atoms with Crippen molar-refractivity contribution in [2.75, 3.05) is 0 Å². The van der Waals surface area contributed by atoms with Crippen LogP contribution in [0.5, 0.6) is 5.75 Å². The highest BCUT2D eigenvalue weighted by atomic mass is 19.4. The summed E-state index contributed by atoms with van der Waals surface area (Å²) in [6, 6.07) is 3.25. The number of hydrogen-bond donors (Lipinski definition) is 2. The SMILES string of the molecule is CC(C)Oc1cncc(C(=O)NCc2cn3ncc(CNC(=O)CCC(F)(F)F)cc3n2)c1. The Morgan fingerprint density at radius 1 is 1.12 bits per heavy atom. The van der Waals surface area contributed by atoms with Crippen molar-refractivity contribution in [3.63, 3.8) is 0 Å². The maximum Gasteiger partial charge on any atom is 0.389 e. The first-order chi connectivity index (χ1) is 15.6. The van der Waals surface area contributed by atoms with Crippen LogP contribution in [0, 0.1) is 0 Å². The fourth-order valence-electron chi connectivity index (χ4n) is 2.84. The third kappa shape index (κ3) is 7.44. The molecule has 0 spiro atoms. The monoisotopic (exact) mass is 464 g/mol. The molecule has 2 N–H and O–H groups in total. The lowest BCUT2D eigenvalue weighted by Crippen LogP contribution is -2.24. The molecule has 0 bridgehead atoms. The van der Waals surface area contributed by atoms with E-state index in [4.69, 9.17) is 4.74 Å². The third-order valence-electron chi connectivity index (χ3n) is 4.33. The molecule has 0 saturated heterocycles. The molecule has 0 saturated carbocycles. The molecule has 9 nitrogen and oxygen atoms in total. The number of imidazole rings is 1. The summed E-state index contributed by atoms with van der Waals surface area (Å²) in [6.45, 7) is 3.91. The first kappa shape index (κ1) is 24.0. The zero-order chi connectivity index (χ0) is 24.0. The number of halogens is 3. The fourth-order valence-corrected chi connectivity index (χ4v) is 2.84. The van der Waals surface area contributed by atoms with Gasteiger partial charge in [-0.3, -0.25) is 14.6 Å². The molecule has 0 aliphatic heterocycles. The molecule has 12 heteroatoms. The zero-order valence-corrected chi connectivity index (χ0v) is 18.0. The molecule has 3 heterocycles. The third-order valence-corrected chi connectivity index (χ3v) is 4.33. The van der Waals surface area contributed by atoms with E-state index in [0.717, 1.165) is 0 Å². The van der Waals surface area contributed by atoms with Crippen LogP contribution < -0.4 is 15.4 Å². The molecule has 0 aromatic carbocycles. The highest BCUT2D eigenvalue weighted by Gasteiger charge is 2.27. The Bertz CT molecular complexity index is 1130. The minimum absolute atomic E-state index is 0.0287. The lowest BCUT2D eigenvalue weighted by Gasteiger charge is -2.10. The summed E-state index contributed by atoms with van der Waals surface area (Å²) >= 11 is 0. The molecule has 2 amide bonds. The maximum absolute atomic E-state index is 12.4. The van der Waals surface area contributed by atoms with E-state index in [1.165, 1.54) is 23.1 Å². The van der Waals surface area contributed by atoms with E-state index in [-0.39, 0.29) is 25.1 Å². The molecule has 0 aliphatic carbocycles. The van der Waals surface area contributed by atoms with Crippen LogP contribution in [0.15, 0.2) is 36.9 Å². The maximum atomic E-state index is 12.4. The molecule has 0 radical (unpaired) electrons. The number of carbonyl (C=O) groups excluding carboxylic acids is 2. The Morgan fingerprint density at radius 2 is 1.91 bits per heavy atom. The summed E-state index contributed by atoms with van der Waals surface area (Å²) in [7, 11) is 0. The normalized spacial score (nSPS) is 11.6. The second kappa shape index (κ2) is 10.3. The van der Waals surface area contributed by atoms with Gasteiger partial charge in [0.1, 0.15) is 5.75 Å². The number of nitrogens with zero attached hydrogens (tertiary/aromatic N) is 4. The van der Waals surface area contributed by atoms with Gasteiger partial charge in [0.05, 0.1) is 48.9 Å². The van der Waals surface area contributed by atoms with Crippen LogP contribution in [0.2, 0.25) is 0 Å². The van der Waals surface area contributed by atoms with Gasteiger partial charge in [-0.2, -0.15) is 18.3 Å². The van der Waals surface area contributed by atoms with Crippen LogP contribution in [0.3, 0.4) is 0 Å². The number of hydrogen-bond acceptors (Lipinski definition) is 6. The van der Waals surface area contributed by atoms with Crippen molar-refractivity contribution in [1.82, 2.24) is 30.2 Å². The van der Waals surface area contributed by atoms with Crippen LogP contribution in [0.25, 0.3) is 5.65 Å². The van der Waals surface area contributed by atoms with E-state index in [0.29, 0.717) is 28.2 Å². The molecule has 0 aliphatic rings. The number of ether oxygens (including phenoxy) is 1. The van der Waals surface area contributed by atoms with E-state index in [2.05, 4.69) is 25.7 Å². The number of amides is 2. The Balaban J connectivity index is 1.56. The Hall–Kier alpha value is -3.70. The quantitative estimate of drug-likeness (QED) is 0.504. The van der Waals surface area contributed by atoms with Crippen molar-refractivity contribution >= 4 is 17.5 Å². The topological polar surface area (TPSA) is 111 Å². The number of fused-ring (bicyclic) bond motifs is 1. The summed E-state index contributed by atoms with van der Waals surface area (Å²) in [5, 5.41) is 9.35. The van der Waals surface area contributed by atoms with Crippen molar-refractivity contribution in [1.29, 1.82) is 0 Å². The second-order valence-corrected chi connectivity index (χ2v) is 7.55. The molecule has 0 unspecified atom stereocenters. The molecular formula is C21H23F3N6O3. The summed E-state index contributed by atoms with van der Waals surface area (Å²) < 4.78 is 43.6. The molecule has 3 aromatic rings. The van der Waals surface area contributed by atoms with Gasteiger partial charge in [-0.15, -0.1) is 0 Å². The van der Waals surface area contributed by atoms with Gasteiger partial charge in [0.2, 0.25) is 5.91 Å². The molecule has 33 heavy (non-hydrogen) atoms. The molecule has 0 atom stereocenters. The van der Waals surface area contributed by atoms with Gasteiger partial charge in [-0.1, -0.05) is 0 Å². The lowest BCUT2D eigenvalue weighted by atomic mass is 10.2. The number of rotatable bonds is 9. The van der Waals surface area contributed by atoms with Gasteiger partial charge in [-0.25, -0.2) is 9.50 Å². The van der Waals surface area contributed by atoms with Crippen LogP contribution in [0.4, 0.5) is 13.2 Å². The fraction of sp³-hybridized carbons (Fsp3) is 0.381. The Labute approximate surface area is 187 Å². The standard InChI is InChI=1S/C21H23F3N6O3/c1-13(2)33-17-6-15(9-25-11-17)20(32)27-10-16-12-30-18(29-16)5-14(8-28-30)7-26-19(31)3-4-21(22,23)24/h5-6,8-9,11-13H,3-4,7,10H2,1-2H3,(H,26,31)(H,27,32). The van der Waals surface area contributed by atoms with Crippen LogP contribution in [-0.4, -0.2) is 43.7 Å². The van der Waals surface area contributed by atoms with E-state index in [1.807, 2.05) is 13.8 Å². The van der Waals surface area contributed by atoms with Gasteiger partial charge in [0.15, 0.2) is 5.65 Å². The van der Waals surface area contributed by atoms with Crippen molar-refractivity contribution in [2.45, 2.75) is 52.1 Å². The number of nitrogens with one attached hydrogen (secondary N) is 2. The summed E-state index contributed by atoms with van der Waals surface area (Å²) in [4.78, 5) is 32.4. The van der Waals surface area contributed by atoms with E-state index < -0.39 is 24.9 Å². The average Bonchev–Trinajstić information content (AvgIpc) is 3.16. The molecule has 3 rings (SSSR count). The van der Waals surface area contributed by atoms with Crippen molar-refractivity contribution in [3.8, 4) is 5.75 Å². The number of carbonyl (C=O) groups is 2. The summed E-state index contributed by atoms with van der Waals surface area (Å²) in [6.07, 6.45) is -0.144. The Morgan fingerprint density at radius 3 is 2.64 bits per heavy atom. The number of aromatic nitrogens is 4. The highest BCUT2D eigenvalue weighted by molar-refractivity contribution is 5.94. The van der Waals surface area contributed by atoms with Crippen molar-refractivity contribution in [2.24, 2.45) is 0 Å². The van der Waals surface area contributed by atoms with Gasteiger partial charge in [-0.05, 0) is 31.5 Å². The lowest BCUT2D eigenvalue weighted by molar-refractivity contribution is -0.144. The molecule has 176 valence electrons. The smallest absolute Gasteiger partial charge is 0.389 e. The largest absolute Gasteiger partial charge is 0.489 e. The minimum atomic E-state index is -4.37. The van der Waals surface area contributed by atoms with Gasteiger partial charge in [0.25, 0.3) is 5.91 Å². The van der Waals surface area contributed by atoms with E-state index in [1.54, 1.807) is 18.3 Å². The average molecular weight is 464 g/mol. The van der Waals surface area contributed by atoms with Gasteiger partial charge in [0, 0.05) is 19.2 Å². The van der Waals surface area contributed by atoms with Gasteiger partial charge >= 0.3 is 6.18 Å². The van der Waals surface area contributed by atoms with Crippen LogP contribution >= 0.6 is 0 Å². The molecule has 0 fully saturated rings. The van der Waals surface area contributed by atoms with Crippen molar-refractivity contribution in [3.05, 3.63) is 53.7 Å². The van der Waals surface area contributed by atoms with Crippen LogP contribution in [-0.2, 0) is 17.9 Å². The highest BCUT2D eigenvalue weighted by Crippen LogP contribution is 2.21. The predicted molar refractivity (Wildman–Crippen MR) is 111 cm³/mol. The summed E-state index contributed by atoms with van der Waals surface area (Å²) in [5.41, 5.74) is 1.94. The van der Waals surface area contributed by atoms with E-state index >= 15 is 0 Å². The summed E-state index contributed by atoms with van der Waals surface area (Å²) in [5.74, 6) is -0.548. The van der Waals surface area contributed by atoms with Gasteiger partial charge < -0.3 is 15.4 Å². The number of pyridine rings is 1. The van der Waals surface area contributed by atoms with Crippen molar-refractivity contribution < 1.29 is 27.5 Å². The predicted octanol–water partition coefficient (Wildman–Crippen LogP) is 2.80. The molecular weight excluding hydrogens is 441 g/mol. The minimum Gasteiger partial charge on any atom is -0.489 e. The first-order valence-corrected chi connectivity index (χ1v) is 10.2. The second-order valence-electron chi connectivity index (χ2n) is 7.55. The van der Waals surface area contributed by atoms with E-state index in [9.17, 15) is 22.8 Å². The number of alkyl halides is 3. The first-order valence-electron chi connectivity index (χ1n) is 10.2. The zero-order valence-electron chi connectivity index (χ0n) is 18.0.